The third kappa shape index (κ3) is 5.94. The van der Waals surface area contributed by atoms with Crippen molar-refractivity contribution in [3.63, 3.8) is 0 Å². The minimum atomic E-state index is -0.441. The standard InChI is InChI=1S/C21H31N3O4/c1-21(2,3)28-19(25)15-22-9-11-23(12-10-22)18-13-24(14-18)20(26)27-16-17-7-5-4-6-8-17/h4-8,18H,9-16H2,1-3H3. The van der Waals surface area contributed by atoms with Crippen LogP contribution in [0, 0.1) is 0 Å². The molecule has 2 fully saturated rings. The SMILES string of the molecule is CC(C)(C)OC(=O)CN1CCN(C2CN(C(=O)OCc3ccccc3)C2)CC1. The van der Waals surface area contributed by atoms with Crippen LogP contribution in [0.25, 0.3) is 0 Å². The van der Waals surface area contributed by atoms with Crippen LogP contribution >= 0.6 is 0 Å². The maximum Gasteiger partial charge on any atom is 0.410 e. The van der Waals surface area contributed by atoms with Crippen molar-refractivity contribution in [3.8, 4) is 0 Å². The van der Waals surface area contributed by atoms with Gasteiger partial charge in [0.2, 0.25) is 0 Å². The monoisotopic (exact) mass is 389 g/mol. The molecule has 0 spiro atoms. The number of nitrogens with zero attached hydrogens (tertiary/aromatic N) is 3. The van der Waals surface area contributed by atoms with Gasteiger partial charge in [0.25, 0.3) is 0 Å². The first-order valence-corrected chi connectivity index (χ1v) is 9.94. The van der Waals surface area contributed by atoms with Gasteiger partial charge in [-0.3, -0.25) is 14.6 Å². The molecule has 154 valence electrons. The maximum atomic E-state index is 12.1. The van der Waals surface area contributed by atoms with Crippen molar-refractivity contribution >= 4 is 12.1 Å². The van der Waals surface area contributed by atoms with Crippen LogP contribution in [0.3, 0.4) is 0 Å². The molecule has 2 heterocycles. The van der Waals surface area contributed by atoms with E-state index in [4.69, 9.17) is 9.47 Å². The molecule has 0 radical (unpaired) electrons. The highest BCUT2D eigenvalue weighted by Crippen LogP contribution is 2.18. The lowest BCUT2D eigenvalue weighted by Gasteiger charge is -2.47. The highest BCUT2D eigenvalue weighted by molar-refractivity contribution is 5.72. The van der Waals surface area contributed by atoms with Gasteiger partial charge in [-0.1, -0.05) is 30.3 Å². The molecular weight excluding hydrogens is 358 g/mol. The van der Waals surface area contributed by atoms with Crippen LogP contribution in [0.1, 0.15) is 26.3 Å². The van der Waals surface area contributed by atoms with Crippen molar-refractivity contribution in [1.29, 1.82) is 0 Å². The Bertz CT molecular complexity index is 660. The second-order valence-electron chi connectivity index (χ2n) is 8.50. The van der Waals surface area contributed by atoms with Crippen LogP contribution in [0.5, 0.6) is 0 Å². The van der Waals surface area contributed by atoms with Crippen LogP contribution in [-0.4, -0.2) is 84.2 Å². The second kappa shape index (κ2) is 8.92. The van der Waals surface area contributed by atoms with E-state index < -0.39 is 5.60 Å². The molecule has 3 rings (SSSR count). The zero-order valence-corrected chi connectivity index (χ0v) is 17.1. The van der Waals surface area contributed by atoms with Crippen molar-refractivity contribution in [2.75, 3.05) is 45.8 Å². The van der Waals surface area contributed by atoms with Gasteiger partial charge in [0, 0.05) is 45.3 Å². The zero-order valence-electron chi connectivity index (χ0n) is 17.1. The van der Waals surface area contributed by atoms with Crippen LogP contribution in [0.2, 0.25) is 0 Å². The van der Waals surface area contributed by atoms with Crippen molar-refractivity contribution in [2.24, 2.45) is 0 Å². The molecule has 1 aromatic carbocycles. The molecule has 2 aliphatic heterocycles. The summed E-state index contributed by atoms with van der Waals surface area (Å²) in [6.07, 6.45) is -0.247. The largest absolute Gasteiger partial charge is 0.459 e. The number of carbonyl (C=O) groups excluding carboxylic acids is 2. The normalized spacial score (nSPS) is 19.2. The Morgan fingerprint density at radius 3 is 2.29 bits per heavy atom. The average Bonchev–Trinajstić information content (AvgIpc) is 2.59. The van der Waals surface area contributed by atoms with E-state index in [2.05, 4.69) is 9.80 Å². The van der Waals surface area contributed by atoms with E-state index in [1.165, 1.54) is 0 Å². The summed E-state index contributed by atoms with van der Waals surface area (Å²) in [6.45, 7) is 11.2. The topological polar surface area (TPSA) is 62.3 Å². The van der Waals surface area contributed by atoms with E-state index >= 15 is 0 Å². The Balaban J connectivity index is 1.32. The Hall–Kier alpha value is -2.12. The molecule has 1 aromatic rings. The smallest absolute Gasteiger partial charge is 0.410 e. The lowest BCUT2D eigenvalue weighted by molar-refractivity contribution is -0.156. The quantitative estimate of drug-likeness (QED) is 0.718. The van der Waals surface area contributed by atoms with Gasteiger partial charge in [-0.05, 0) is 26.3 Å². The fourth-order valence-corrected chi connectivity index (χ4v) is 3.49. The van der Waals surface area contributed by atoms with E-state index in [1.807, 2.05) is 51.1 Å². The summed E-state index contributed by atoms with van der Waals surface area (Å²) in [5.74, 6) is -0.170. The number of piperazine rings is 1. The van der Waals surface area contributed by atoms with Gasteiger partial charge in [-0.2, -0.15) is 0 Å². The van der Waals surface area contributed by atoms with Crippen LogP contribution in [0.15, 0.2) is 30.3 Å². The lowest BCUT2D eigenvalue weighted by Crippen LogP contribution is -2.64. The molecule has 0 N–H and O–H groups in total. The van der Waals surface area contributed by atoms with Gasteiger partial charge in [0.15, 0.2) is 0 Å². The molecule has 7 heteroatoms. The molecule has 0 bridgehead atoms. The van der Waals surface area contributed by atoms with Gasteiger partial charge < -0.3 is 14.4 Å². The Morgan fingerprint density at radius 1 is 1.04 bits per heavy atom. The van der Waals surface area contributed by atoms with Gasteiger partial charge in [-0.25, -0.2) is 4.79 Å². The summed E-state index contributed by atoms with van der Waals surface area (Å²) in [6, 6.07) is 10.1. The molecule has 7 nitrogen and oxygen atoms in total. The number of likely N-dealkylation sites (tertiary alicyclic amines) is 1. The summed E-state index contributed by atoms with van der Waals surface area (Å²) in [7, 11) is 0. The molecular formula is C21H31N3O4. The van der Waals surface area contributed by atoms with Gasteiger partial charge in [0.1, 0.15) is 12.2 Å². The summed E-state index contributed by atoms with van der Waals surface area (Å²) < 4.78 is 10.8. The Morgan fingerprint density at radius 2 is 1.68 bits per heavy atom. The van der Waals surface area contributed by atoms with Crippen LogP contribution in [0.4, 0.5) is 4.79 Å². The first kappa shape index (κ1) is 20.6. The van der Waals surface area contributed by atoms with E-state index in [0.717, 1.165) is 31.7 Å². The summed E-state index contributed by atoms with van der Waals surface area (Å²) in [5, 5.41) is 0. The number of hydrogen-bond donors (Lipinski definition) is 0. The highest BCUT2D eigenvalue weighted by Gasteiger charge is 2.37. The molecule has 28 heavy (non-hydrogen) atoms. The lowest BCUT2D eigenvalue weighted by atomic mass is 10.1. The molecule has 2 saturated heterocycles. The highest BCUT2D eigenvalue weighted by atomic mass is 16.6. The molecule has 0 atom stereocenters. The summed E-state index contributed by atoms with van der Waals surface area (Å²) >= 11 is 0. The zero-order chi connectivity index (χ0) is 20.1. The number of rotatable bonds is 5. The minimum Gasteiger partial charge on any atom is -0.459 e. The van der Waals surface area contributed by atoms with Gasteiger partial charge in [-0.15, -0.1) is 0 Å². The number of hydrogen-bond acceptors (Lipinski definition) is 6. The molecule has 0 aliphatic carbocycles. The number of ether oxygens (including phenoxy) is 2. The predicted molar refractivity (Wildman–Crippen MR) is 106 cm³/mol. The fourth-order valence-electron chi connectivity index (χ4n) is 3.49. The molecule has 0 unspecified atom stereocenters. The Kier molecular flexibility index (Phi) is 6.57. The number of benzene rings is 1. The van der Waals surface area contributed by atoms with Crippen molar-refractivity contribution in [1.82, 2.24) is 14.7 Å². The van der Waals surface area contributed by atoms with E-state index in [9.17, 15) is 9.59 Å². The van der Waals surface area contributed by atoms with Crippen molar-refractivity contribution in [2.45, 2.75) is 39.0 Å². The molecule has 2 aliphatic rings. The first-order valence-electron chi connectivity index (χ1n) is 9.94. The Labute approximate surface area is 167 Å². The van der Waals surface area contributed by atoms with Gasteiger partial charge in [0.05, 0.1) is 6.54 Å². The maximum absolute atomic E-state index is 12.1. The summed E-state index contributed by atoms with van der Waals surface area (Å²) in [4.78, 5) is 30.4. The minimum absolute atomic E-state index is 0.170. The van der Waals surface area contributed by atoms with E-state index in [-0.39, 0.29) is 12.1 Å². The predicted octanol–water partition coefficient (Wildman–Crippen LogP) is 1.97. The molecule has 1 amide bonds. The van der Waals surface area contributed by atoms with Crippen molar-refractivity contribution in [3.05, 3.63) is 35.9 Å². The number of esters is 1. The van der Waals surface area contributed by atoms with Gasteiger partial charge >= 0.3 is 12.1 Å². The second-order valence-corrected chi connectivity index (χ2v) is 8.50. The third-order valence-corrected chi connectivity index (χ3v) is 5.02. The van der Waals surface area contributed by atoms with Crippen LogP contribution < -0.4 is 0 Å². The van der Waals surface area contributed by atoms with Crippen molar-refractivity contribution < 1.29 is 19.1 Å². The van der Waals surface area contributed by atoms with Crippen LogP contribution in [-0.2, 0) is 20.9 Å². The van der Waals surface area contributed by atoms with E-state index in [1.54, 1.807) is 4.90 Å². The summed E-state index contributed by atoms with van der Waals surface area (Å²) in [5.41, 5.74) is 0.553. The molecule has 0 saturated carbocycles. The van der Waals surface area contributed by atoms with E-state index in [0.29, 0.717) is 32.3 Å². The first-order chi connectivity index (χ1) is 13.3. The number of carbonyl (C=O) groups is 2. The average molecular weight is 389 g/mol. The fraction of sp³-hybridized carbons (Fsp3) is 0.619. The molecule has 0 aromatic heterocycles. The number of amides is 1. The third-order valence-electron chi connectivity index (χ3n) is 5.02.